The van der Waals surface area contributed by atoms with Crippen LogP contribution in [0.4, 0.5) is 15.8 Å². The van der Waals surface area contributed by atoms with Gasteiger partial charge in [-0.25, -0.2) is 4.39 Å². The van der Waals surface area contributed by atoms with Crippen LogP contribution in [0, 0.1) is 19.7 Å². The first-order valence-electron chi connectivity index (χ1n) is 11.7. The van der Waals surface area contributed by atoms with E-state index in [1.807, 2.05) is 49.4 Å². The van der Waals surface area contributed by atoms with Crippen LogP contribution in [0.5, 0.6) is 0 Å². The van der Waals surface area contributed by atoms with Gasteiger partial charge in [-0.15, -0.1) is 0 Å². The molecule has 6 nitrogen and oxygen atoms in total. The van der Waals surface area contributed by atoms with Crippen molar-refractivity contribution in [2.75, 3.05) is 10.2 Å². The molecule has 8 heteroatoms. The fourth-order valence-electron chi connectivity index (χ4n) is 4.93. The third-order valence-electron chi connectivity index (χ3n) is 6.44. The molecule has 4 aromatic rings. The predicted octanol–water partition coefficient (Wildman–Crippen LogP) is 5.76. The molecule has 5 rings (SSSR count). The van der Waals surface area contributed by atoms with Crippen LogP contribution in [0.2, 0.25) is 0 Å². The van der Waals surface area contributed by atoms with Crippen molar-refractivity contribution in [2.24, 2.45) is 0 Å². The Kier molecular flexibility index (Phi) is 6.28. The maximum Gasteiger partial charge on any atom is 0.221 e. The minimum absolute atomic E-state index is 0.123. The van der Waals surface area contributed by atoms with E-state index in [-0.39, 0.29) is 23.8 Å². The summed E-state index contributed by atoms with van der Waals surface area (Å²) in [5, 5.41) is 6.88. The number of hydrogen-bond acceptors (Lipinski definition) is 3. The van der Waals surface area contributed by atoms with Crippen LogP contribution in [0.3, 0.4) is 0 Å². The largest absolute Gasteiger partial charge is 0.351 e. The number of rotatable bonds is 5. The van der Waals surface area contributed by atoms with E-state index in [1.54, 1.807) is 18.3 Å². The van der Waals surface area contributed by atoms with Gasteiger partial charge in [0.2, 0.25) is 5.91 Å². The highest BCUT2D eigenvalue weighted by molar-refractivity contribution is 7.80. The molecule has 2 atom stereocenters. The molecule has 1 amide bonds. The summed E-state index contributed by atoms with van der Waals surface area (Å²) in [6.45, 7) is 5.60. The Labute approximate surface area is 214 Å². The van der Waals surface area contributed by atoms with Crippen molar-refractivity contribution in [2.45, 2.75) is 32.9 Å². The molecular formula is C28H26FN5OS. The van der Waals surface area contributed by atoms with Crippen LogP contribution < -0.4 is 15.5 Å². The van der Waals surface area contributed by atoms with Crippen LogP contribution in [-0.4, -0.2) is 20.6 Å². The van der Waals surface area contributed by atoms with Gasteiger partial charge in [0.15, 0.2) is 5.11 Å². The van der Waals surface area contributed by atoms with E-state index >= 15 is 0 Å². The normalized spacial score (nSPS) is 17.2. The lowest BCUT2D eigenvalue weighted by atomic mass is 9.96. The second-order valence-electron chi connectivity index (χ2n) is 8.86. The minimum atomic E-state index is -0.268. The Hall–Kier alpha value is -4.04. The van der Waals surface area contributed by atoms with Crippen molar-refractivity contribution in [3.05, 3.63) is 107 Å². The van der Waals surface area contributed by atoms with Crippen molar-refractivity contribution in [3.63, 3.8) is 0 Å². The van der Waals surface area contributed by atoms with Crippen LogP contribution >= 0.6 is 12.2 Å². The molecule has 2 N–H and O–H groups in total. The Bertz CT molecular complexity index is 1420. The molecule has 182 valence electrons. The molecule has 0 saturated carbocycles. The van der Waals surface area contributed by atoms with Gasteiger partial charge in [-0.2, -0.15) is 0 Å². The third kappa shape index (κ3) is 4.35. The lowest BCUT2D eigenvalue weighted by molar-refractivity contribution is -0.114. The van der Waals surface area contributed by atoms with E-state index in [0.29, 0.717) is 5.11 Å². The van der Waals surface area contributed by atoms with E-state index in [1.165, 1.54) is 19.1 Å². The Balaban J connectivity index is 1.62. The number of benzene rings is 2. The lowest BCUT2D eigenvalue weighted by Crippen LogP contribution is -2.29. The van der Waals surface area contributed by atoms with Gasteiger partial charge in [-0.05, 0) is 98.4 Å². The first kappa shape index (κ1) is 23.7. The Morgan fingerprint density at radius 3 is 2.36 bits per heavy atom. The summed E-state index contributed by atoms with van der Waals surface area (Å²) in [6.07, 6.45) is 1.78. The number of thiocarbonyl (C=S) groups is 1. The smallest absolute Gasteiger partial charge is 0.221 e. The molecule has 1 aliphatic rings. The SMILES string of the molecule is CC(=O)Nc1ccc(N2C(=S)N[C@@H](c3ccccn3)[C@H]2c2cc(C)n(-c3ccc(F)cc3)c2C)cc1. The summed E-state index contributed by atoms with van der Waals surface area (Å²) >= 11 is 5.84. The topological polar surface area (TPSA) is 62.2 Å². The summed E-state index contributed by atoms with van der Waals surface area (Å²) in [4.78, 5) is 18.2. The highest BCUT2D eigenvalue weighted by Gasteiger charge is 2.42. The van der Waals surface area contributed by atoms with Crippen molar-refractivity contribution >= 4 is 34.6 Å². The first-order chi connectivity index (χ1) is 17.3. The molecule has 2 aromatic carbocycles. The van der Waals surface area contributed by atoms with E-state index < -0.39 is 0 Å². The molecule has 1 aliphatic heterocycles. The zero-order chi connectivity index (χ0) is 25.4. The second-order valence-corrected chi connectivity index (χ2v) is 9.25. The highest BCUT2D eigenvalue weighted by Crippen LogP contribution is 2.43. The zero-order valence-electron chi connectivity index (χ0n) is 20.2. The van der Waals surface area contributed by atoms with Crippen LogP contribution in [-0.2, 0) is 4.79 Å². The number of hydrogen-bond donors (Lipinski definition) is 2. The van der Waals surface area contributed by atoms with Crippen molar-refractivity contribution in [3.8, 4) is 5.69 Å². The van der Waals surface area contributed by atoms with E-state index in [2.05, 4.69) is 38.1 Å². The number of anilines is 2. The quantitative estimate of drug-likeness (QED) is 0.342. The van der Waals surface area contributed by atoms with Gasteiger partial charge in [-0.3, -0.25) is 9.78 Å². The number of halogens is 1. The number of carbonyl (C=O) groups excluding carboxylic acids is 1. The highest BCUT2D eigenvalue weighted by atomic mass is 32.1. The van der Waals surface area contributed by atoms with E-state index in [9.17, 15) is 9.18 Å². The van der Waals surface area contributed by atoms with Gasteiger partial charge < -0.3 is 20.1 Å². The Morgan fingerprint density at radius 2 is 1.72 bits per heavy atom. The van der Waals surface area contributed by atoms with Crippen molar-refractivity contribution in [1.29, 1.82) is 0 Å². The zero-order valence-corrected chi connectivity index (χ0v) is 21.0. The van der Waals surface area contributed by atoms with Crippen LogP contribution in [0.15, 0.2) is 79.0 Å². The first-order valence-corrected chi connectivity index (χ1v) is 12.1. The van der Waals surface area contributed by atoms with E-state index in [4.69, 9.17) is 12.2 Å². The lowest BCUT2D eigenvalue weighted by Gasteiger charge is -2.28. The van der Waals surface area contributed by atoms with Gasteiger partial charge in [0, 0.05) is 41.6 Å². The minimum Gasteiger partial charge on any atom is -0.351 e. The van der Waals surface area contributed by atoms with Gasteiger partial charge >= 0.3 is 0 Å². The molecule has 2 aromatic heterocycles. The molecule has 0 radical (unpaired) electrons. The van der Waals surface area contributed by atoms with Crippen molar-refractivity contribution < 1.29 is 9.18 Å². The number of aryl methyl sites for hydroxylation is 1. The number of nitrogens with zero attached hydrogens (tertiary/aromatic N) is 3. The molecular weight excluding hydrogens is 473 g/mol. The molecule has 36 heavy (non-hydrogen) atoms. The summed E-state index contributed by atoms with van der Waals surface area (Å²) in [6, 6.07) is 21.8. The fourth-order valence-corrected chi connectivity index (χ4v) is 5.28. The number of carbonyl (C=O) groups is 1. The number of pyridine rings is 1. The maximum atomic E-state index is 13.6. The standard InChI is InChI=1S/C28H26FN5OS/c1-17-16-24(18(2)33(17)22-11-7-20(29)8-12-22)27-26(25-6-4-5-15-30-25)32-28(36)34(27)23-13-9-21(10-14-23)31-19(3)35/h4-16,26-27H,1-3H3,(H,31,35)(H,32,36)/t26-,27+/m0/s1. The third-order valence-corrected chi connectivity index (χ3v) is 6.75. The average molecular weight is 500 g/mol. The summed E-state index contributed by atoms with van der Waals surface area (Å²) in [7, 11) is 0. The number of nitrogens with one attached hydrogen (secondary N) is 2. The molecule has 1 fully saturated rings. The number of aromatic nitrogens is 2. The molecule has 0 unspecified atom stereocenters. The van der Waals surface area contributed by atoms with Gasteiger partial charge in [-0.1, -0.05) is 6.07 Å². The molecule has 0 spiro atoms. The average Bonchev–Trinajstić information content (AvgIpc) is 3.35. The summed E-state index contributed by atoms with van der Waals surface area (Å²) in [5.74, 6) is -0.390. The molecule has 1 saturated heterocycles. The molecule has 0 bridgehead atoms. The predicted molar refractivity (Wildman–Crippen MR) is 144 cm³/mol. The monoisotopic (exact) mass is 499 g/mol. The number of amides is 1. The van der Waals surface area contributed by atoms with E-state index in [0.717, 1.165) is 39.7 Å². The van der Waals surface area contributed by atoms with Gasteiger partial charge in [0.05, 0.1) is 17.8 Å². The summed E-state index contributed by atoms with van der Waals surface area (Å²) < 4.78 is 15.7. The summed E-state index contributed by atoms with van der Waals surface area (Å²) in [5.41, 5.74) is 6.56. The second kappa shape index (κ2) is 9.54. The molecule has 3 heterocycles. The van der Waals surface area contributed by atoms with Crippen LogP contribution in [0.25, 0.3) is 5.69 Å². The van der Waals surface area contributed by atoms with Gasteiger partial charge in [0.1, 0.15) is 5.82 Å². The molecule has 0 aliphatic carbocycles. The van der Waals surface area contributed by atoms with Gasteiger partial charge in [0.25, 0.3) is 0 Å². The van der Waals surface area contributed by atoms with Crippen molar-refractivity contribution in [1.82, 2.24) is 14.9 Å². The van der Waals surface area contributed by atoms with Crippen LogP contribution in [0.1, 0.15) is 41.7 Å². The fraction of sp³-hybridized carbons (Fsp3) is 0.179. The maximum absolute atomic E-state index is 13.6. The Morgan fingerprint density at radius 1 is 1.03 bits per heavy atom.